The van der Waals surface area contributed by atoms with Crippen molar-refractivity contribution in [1.82, 2.24) is 24.8 Å². The average Bonchev–Trinajstić information content (AvgIpc) is 3.61. The van der Waals surface area contributed by atoms with Crippen LogP contribution >= 0.6 is 0 Å². The first kappa shape index (κ1) is 30.3. The lowest BCUT2D eigenvalue weighted by atomic mass is 9.73. The van der Waals surface area contributed by atoms with Gasteiger partial charge in [-0.05, 0) is 43.5 Å². The van der Waals surface area contributed by atoms with E-state index in [4.69, 9.17) is 4.74 Å². The zero-order valence-electron chi connectivity index (χ0n) is 26.1. The Morgan fingerprint density at radius 2 is 1.63 bits per heavy atom. The number of ether oxygens (including phenoxy) is 1. The molecule has 5 heterocycles. The molecule has 2 fully saturated rings. The molecule has 1 aromatic heterocycles. The van der Waals surface area contributed by atoms with E-state index in [1.807, 2.05) is 85.8 Å². The summed E-state index contributed by atoms with van der Waals surface area (Å²) in [6.07, 6.45) is 11.2. The minimum absolute atomic E-state index is 0.119. The minimum Gasteiger partial charge on any atom is -0.396 e. The van der Waals surface area contributed by atoms with Gasteiger partial charge in [-0.2, -0.15) is 0 Å². The molecule has 0 bridgehead atoms. The van der Waals surface area contributed by atoms with Gasteiger partial charge in [-0.3, -0.25) is 14.4 Å². The molecular formula is C35H40N6O5. The number of fused-ring (bicyclic) bond motifs is 3. The maximum absolute atomic E-state index is 14.8. The normalized spacial score (nSPS) is 28.9. The van der Waals surface area contributed by atoms with Crippen molar-refractivity contribution in [3.63, 3.8) is 0 Å². The monoisotopic (exact) mass is 624 g/mol. The number of nitrogens with zero attached hydrogens (tertiary/aromatic N) is 6. The quantitative estimate of drug-likeness (QED) is 0.272. The molecule has 11 nitrogen and oxygen atoms in total. The molecule has 0 radical (unpaired) electrons. The van der Waals surface area contributed by atoms with Gasteiger partial charge < -0.3 is 24.5 Å². The predicted molar refractivity (Wildman–Crippen MR) is 171 cm³/mol. The lowest BCUT2D eigenvalue weighted by Gasteiger charge is -2.38. The highest BCUT2D eigenvalue weighted by Gasteiger charge is 2.75. The van der Waals surface area contributed by atoms with Crippen molar-refractivity contribution in [2.24, 2.45) is 11.8 Å². The average molecular weight is 625 g/mol. The molecule has 4 aliphatic heterocycles. The minimum atomic E-state index is -1.32. The molecule has 240 valence electrons. The topological polar surface area (TPSA) is 121 Å². The summed E-state index contributed by atoms with van der Waals surface area (Å²) in [5.41, 5.74) is -0.0747. The molecule has 0 saturated carbocycles. The number of amides is 3. The van der Waals surface area contributed by atoms with E-state index in [9.17, 15) is 19.5 Å². The Morgan fingerprint density at radius 3 is 2.43 bits per heavy atom. The molecular weight excluding hydrogens is 584 g/mol. The molecule has 4 aliphatic rings. The van der Waals surface area contributed by atoms with Crippen LogP contribution in [0.25, 0.3) is 11.0 Å². The number of unbranched alkanes of at least 4 members (excludes halogenated alkanes) is 3. The summed E-state index contributed by atoms with van der Waals surface area (Å²) >= 11 is 0. The number of carbonyl (C=O) groups excluding carboxylic acids is 3. The first-order chi connectivity index (χ1) is 22.4. The highest BCUT2D eigenvalue weighted by molar-refractivity contribution is 6.04. The van der Waals surface area contributed by atoms with Gasteiger partial charge in [0, 0.05) is 31.9 Å². The van der Waals surface area contributed by atoms with Gasteiger partial charge in [-0.1, -0.05) is 79.6 Å². The van der Waals surface area contributed by atoms with Crippen LogP contribution < -0.4 is 4.90 Å². The third-order valence-electron chi connectivity index (χ3n) is 10.1. The fraction of sp³-hybridized carbons (Fsp3) is 0.457. The van der Waals surface area contributed by atoms with E-state index in [0.29, 0.717) is 38.9 Å². The number of likely N-dealkylation sites (tertiary alicyclic amines) is 1. The van der Waals surface area contributed by atoms with Crippen LogP contribution in [0.3, 0.4) is 0 Å². The molecule has 2 saturated heterocycles. The van der Waals surface area contributed by atoms with Crippen LogP contribution in [0.2, 0.25) is 0 Å². The first-order valence-corrected chi connectivity index (χ1v) is 16.3. The van der Waals surface area contributed by atoms with Gasteiger partial charge >= 0.3 is 0 Å². The van der Waals surface area contributed by atoms with Crippen LogP contribution in [-0.2, 0) is 25.8 Å². The predicted octanol–water partition coefficient (Wildman–Crippen LogP) is 3.30. The molecule has 1 N–H and O–H groups in total. The lowest BCUT2D eigenvalue weighted by molar-refractivity contribution is -0.153. The molecule has 46 heavy (non-hydrogen) atoms. The zero-order chi connectivity index (χ0) is 31.9. The fourth-order valence-electron chi connectivity index (χ4n) is 7.94. The number of anilines is 1. The second-order valence-corrected chi connectivity index (χ2v) is 12.7. The number of para-hydroxylation sites is 2. The molecule has 3 amide bonds. The van der Waals surface area contributed by atoms with Gasteiger partial charge in [0.2, 0.25) is 11.8 Å². The van der Waals surface area contributed by atoms with Gasteiger partial charge in [-0.15, -0.1) is 5.10 Å². The summed E-state index contributed by atoms with van der Waals surface area (Å²) in [6.45, 7) is 3.27. The third-order valence-corrected chi connectivity index (χ3v) is 10.1. The highest BCUT2D eigenvalue weighted by atomic mass is 16.5. The van der Waals surface area contributed by atoms with E-state index < -0.39 is 29.1 Å². The second kappa shape index (κ2) is 12.1. The van der Waals surface area contributed by atoms with Crippen molar-refractivity contribution < 1.29 is 24.2 Å². The van der Waals surface area contributed by atoms with Gasteiger partial charge in [0.15, 0.2) is 0 Å². The van der Waals surface area contributed by atoms with E-state index >= 15 is 0 Å². The lowest BCUT2D eigenvalue weighted by Crippen LogP contribution is -2.56. The van der Waals surface area contributed by atoms with Crippen LogP contribution in [0.4, 0.5) is 5.69 Å². The first-order valence-electron chi connectivity index (χ1n) is 16.3. The molecule has 5 atom stereocenters. The van der Waals surface area contributed by atoms with Crippen molar-refractivity contribution in [1.29, 1.82) is 0 Å². The fourth-order valence-corrected chi connectivity index (χ4v) is 7.94. The molecule has 7 rings (SSSR count). The third kappa shape index (κ3) is 4.75. The molecule has 11 heteroatoms. The molecule has 2 aromatic carbocycles. The van der Waals surface area contributed by atoms with Crippen LogP contribution in [-0.4, -0.2) is 91.1 Å². The van der Waals surface area contributed by atoms with Crippen LogP contribution in [0.15, 0.2) is 78.9 Å². The van der Waals surface area contributed by atoms with E-state index in [0.717, 1.165) is 29.6 Å². The number of hydrogen-bond acceptors (Lipinski definition) is 7. The Kier molecular flexibility index (Phi) is 7.98. The smallest absolute Gasteiger partial charge is 0.250 e. The van der Waals surface area contributed by atoms with Crippen molar-refractivity contribution >= 4 is 34.4 Å². The number of benzene rings is 2. The van der Waals surface area contributed by atoms with E-state index in [2.05, 4.69) is 10.3 Å². The van der Waals surface area contributed by atoms with E-state index in [1.165, 1.54) is 0 Å². The van der Waals surface area contributed by atoms with Crippen LogP contribution in [0, 0.1) is 11.8 Å². The van der Waals surface area contributed by atoms with Crippen molar-refractivity contribution in [3.8, 4) is 0 Å². The highest BCUT2D eigenvalue weighted by Crippen LogP contribution is 2.58. The maximum atomic E-state index is 14.8. The molecule has 1 unspecified atom stereocenters. The molecule has 3 aromatic rings. The summed E-state index contributed by atoms with van der Waals surface area (Å²) in [7, 11) is 0. The van der Waals surface area contributed by atoms with Crippen LogP contribution in [0.5, 0.6) is 0 Å². The Balaban J connectivity index is 1.28. The summed E-state index contributed by atoms with van der Waals surface area (Å²) in [6, 6.07) is 16.1. The Labute approximate surface area is 268 Å². The number of hydrogen-bond donors (Lipinski definition) is 1. The maximum Gasteiger partial charge on any atom is 0.250 e. The van der Waals surface area contributed by atoms with E-state index in [-0.39, 0.29) is 31.0 Å². The molecule has 0 aliphatic carbocycles. The number of aliphatic hydroxyl groups excluding tert-OH is 1. The Hall–Kier alpha value is -4.35. The summed E-state index contributed by atoms with van der Waals surface area (Å²) in [5, 5.41) is 17.8. The van der Waals surface area contributed by atoms with Gasteiger partial charge in [-0.25, -0.2) is 4.68 Å². The van der Waals surface area contributed by atoms with Crippen LogP contribution in [0.1, 0.15) is 39.0 Å². The zero-order valence-corrected chi connectivity index (χ0v) is 26.1. The van der Waals surface area contributed by atoms with Crippen molar-refractivity contribution in [3.05, 3.63) is 78.9 Å². The summed E-state index contributed by atoms with van der Waals surface area (Å²) in [4.78, 5) is 49.2. The van der Waals surface area contributed by atoms with Gasteiger partial charge in [0.05, 0.1) is 23.0 Å². The Bertz CT molecular complexity index is 1690. The number of aliphatic hydroxyl groups is 1. The SMILES string of the molecule is CC[C@@]12C=CCN(c3ccccc3)C(=O)[C@@H]1[C@H]1C(=O)N(CCCCCCO)C3C(=O)N(Cn4nnc5ccccc54)CC=C[C@@]31O2. The summed E-state index contributed by atoms with van der Waals surface area (Å²) < 4.78 is 8.80. The number of rotatable bonds is 10. The van der Waals surface area contributed by atoms with Crippen molar-refractivity contribution in [2.75, 3.05) is 31.1 Å². The van der Waals surface area contributed by atoms with E-state index in [1.54, 1.807) is 19.4 Å². The number of aromatic nitrogens is 3. The number of carbonyl (C=O) groups is 3. The largest absolute Gasteiger partial charge is 0.396 e. The molecule has 1 spiro atoms. The van der Waals surface area contributed by atoms with Crippen molar-refractivity contribution in [2.45, 2.75) is 62.9 Å². The second-order valence-electron chi connectivity index (χ2n) is 12.7. The van der Waals surface area contributed by atoms with Gasteiger partial charge in [0.1, 0.15) is 23.8 Å². The Morgan fingerprint density at radius 1 is 0.870 bits per heavy atom. The standard InChI is InChI=1S/C35H40N6O5/c1-2-34-18-12-22-39(25-14-6-5-7-15-25)31(43)28(34)29-32(44)40(21-10-3-4-11-23-42)30-33(45)38(20-13-19-35(29,30)46-34)24-41-27-17-9-8-16-26(27)36-37-41/h5-9,12-19,28-30,42H,2-4,10-11,20-24H2,1H3/t28-,29-,30?,34+,35-/m0/s1. The summed E-state index contributed by atoms with van der Waals surface area (Å²) in [5.74, 6) is -2.32. The van der Waals surface area contributed by atoms with Gasteiger partial charge in [0.25, 0.3) is 5.91 Å².